The molecule has 4 heterocycles. The standard InChI is InChI=1S/C18H22N6O2/c25-17-12-24-16(10-19-17)20-18(21-24)23-6-4-22(5-7-23)11-13-1-2-14-3-8-26-15(14)9-13/h1-2,9H,3-8,10-12H2,(H,19,25). The van der Waals surface area contributed by atoms with Gasteiger partial charge in [0.05, 0.1) is 13.2 Å². The Balaban J connectivity index is 1.21. The fourth-order valence-electron chi connectivity index (χ4n) is 3.80. The van der Waals surface area contributed by atoms with Crippen LogP contribution >= 0.6 is 0 Å². The predicted octanol–water partition coefficient (Wildman–Crippen LogP) is 0.165. The third kappa shape index (κ3) is 2.90. The van der Waals surface area contributed by atoms with Gasteiger partial charge in [-0.05, 0) is 17.2 Å². The van der Waals surface area contributed by atoms with Crippen LogP contribution in [0.2, 0.25) is 0 Å². The Morgan fingerprint density at radius 1 is 1.19 bits per heavy atom. The number of piperazine rings is 1. The van der Waals surface area contributed by atoms with Gasteiger partial charge in [0.2, 0.25) is 11.9 Å². The second-order valence-electron chi connectivity index (χ2n) is 7.07. The molecule has 0 unspecified atom stereocenters. The summed E-state index contributed by atoms with van der Waals surface area (Å²) in [6, 6.07) is 6.60. The molecule has 26 heavy (non-hydrogen) atoms. The third-order valence-corrected chi connectivity index (χ3v) is 5.30. The summed E-state index contributed by atoms with van der Waals surface area (Å²) in [4.78, 5) is 20.7. The van der Waals surface area contributed by atoms with E-state index in [9.17, 15) is 4.79 Å². The monoisotopic (exact) mass is 354 g/mol. The molecule has 1 aromatic heterocycles. The number of amides is 1. The lowest BCUT2D eigenvalue weighted by Crippen LogP contribution is -2.46. The van der Waals surface area contributed by atoms with E-state index in [2.05, 4.69) is 43.4 Å². The first kappa shape index (κ1) is 15.6. The molecule has 0 atom stereocenters. The van der Waals surface area contributed by atoms with Crippen LogP contribution in [0.3, 0.4) is 0 Å². The molecule has 8 heteroatoms. The highest BCUT2D eigenvalue weighted by molar-refractivity contribution is 5.76. The van der Waals surface area contributed by atoms with Crippen molar-refractivity contribution in [1.29, 1.82) is 0 Å². The molecule has 2 aromatic rings. The molecule has 0 spiro atoms. The van der Waals surface area contributed by atoms with E-state index >= 15 is 0 Å². The Bertz CT molecular complexity index is 840. The number of ether oxygens (including phenoxy) is 1. The third-order valence-electron chi connectivity index (χ3n) is 5.30. The molecule has 3 aliphatic rings. The minimum Gasteiger partial charge on any atom is -0.493 e. The average molecular weight is 354 g/mol. The van der Waals surface area contributed by atoms with E-state index in [1.807, 2.05) is 0 Å². The summed E-state index contributed by atoms with van der Waals surface area (Å²) in [5.41, 5.74) is 2.63. The van der Waals surface area contributed by atoms with Crippen LogP contribution in [-0.4, -0.2) is 58.4 Å². The van der Waals surface area contributed by atoms with Gasteiger partial charge >= 0.3 is 0 Å². The van der Waals surface area contributed by atoms with Crippen LogP contribution in [0.25, 0.3) is 0 Å². The van der Waals surface area contributed by atoms with E-state index in [1.54, 1.807) is 4.68 Å². The molecular weight excluding hydrogens is 332 g/mol. The van der Waals surface area contributed by atoms with E-state index < -0.39 is 0 Å². The Hall–Kier alpha value is -2.61. The molecule has 1 N–H and O–H groups in total. The van der Waals surface area contributed by atoms with E-state index in [1.165, 1.54) is 11.1 Å². The van der Waals surface area contributed by atoms with Crippen molar-refractivity contribution < 1.29 is 9.53 Å². The first-order valence-corrected chi connectivity index (χ1v) is 9.17. The van der Waals surface area contributed by atoms with Crippen molar-refractivity contribution >= 4 is 11.9 Å². The summed E-state index contributed by atoms with van der Waals surface area (Å²) >= 11 is 0. The molecule has 8 nitrogen and oxygen atoms in total. The number of carbonyl (C=O) groups is 1. The average Bonchev–Trinajstić information content (AvgIpc) is 3.28. The number of hydrogen-bond donors (Lipinski definition) is 1. The Labute approximate surface area is 151 Å². The molecule has 136 valence electrons. The molecule has 1 amide bonds. The van der Waals surface area contributed by atoms with Crippen molar-refractivity contribution in [3.8, 4) is 5.75 Å². The summed E-state index contributed by atoms with van der Waals surface area (Å²) in [6.45, 7) is 6.21. The van der Waals surface area contributed by atoms with Crippen LogP contribution in [0.1, 0.15) is 17.0 Å². The minimum atomic E-state index is -0.00269. The number of aromatic nitrogens is 3. The van der Waals surface area contributed by atoms with Crippen LogP contribution < -0.4 is 15.0 Å². The smallest absolute Gasteiger partial charge is 0.245 e. The van der Waals surface area contributed by atoms with E-state index in [-0.39, 0.29) is 12.5 Å². The van der Waals surface area contributed by atoms with Gasteiger partial charge in [0, 0.05) is 39.1 Å². The van der Waals surface area contributed by atoms with Crippen molar-refractivity contribution in [2.45, 2.75) is 26.1 Å². The number of hydrogen-bond acceptors (Lipinski definition) is 6. The van der Waals surface area contributed by atoms with Gasteiger partial charge in [0.15, 0.2) is 0 Å². The second kappa shape index (κ2) is 6.28. The normalized spacial score (nSPS) is 19.7. The largest absolute Gasteiger partial charge is 0.493 e. The maximum Gasteiger partial charge on any atom is 0.245 e. The molecule has 0 aliphatic carbocycles. The van der Waals surface area contributed by atoms with Gasteiger partial charge in [0.25, 0.3) is 0 Å². The zero-order chi connectivity index (χ0) is 17.5. The molecule has 0 saturated carbocycles. The van der Waals surface area contributed by atoms with Crippen LogP contribution in [-0.2, 0) is 30.8 Å². The second-order valence-corrected chi connectivity index (χ2v) is 7.07. The van der Waals surface area contributed by atoms with Crippen molar-refractivity contribution in [2.75, 3.05) is 37.7 Å². The van der Waals surface area contributed by atoms with Crippen molar-refractivity contribution in [2.24, 2.45) is 0 Å². The fourth-order valence-corrected chi connectivity index (χ4v) is 3.80. The fraction of sp³-hybridized carbons (Fsp3) is 0.500. The molecule has 0 radical (unpaired) electrons. The summed E-state index contributed by atoms with van der Waals surface area (Å²) in [6.07, 6.45) is 1.02. The molecule has 1 fully saturated rings. The SMILES string of the molecule is O=C1Cn2nc(N3CCN(Cc4ccc5c(c4)OCC5)CC3)nc2CN1. The summed E-state index contributed by atoms with van der Waals surface area (Å²) in [5.74, 6) is 2.62. The van der Waals surface area contributed by atoms with Crippen LogP contribution in [0.4, 0.5) is 5.95 Å². The van der Waals surface area contributed by atoms with Gasteiger partial charge in [0.1, 0.15) is 18.1 Å². The summed E-state index contributed by atoms with van der Waals surface area (Å²) in [5, 5.41) is 7.32. The lowest BCUT2D eigenvalue weighted by Gasteiger charge is -2.34. The van der Waals surface area contributed by atoms with Crippen molar-refractivity contribution in [3.05, 3.63) is 35.2 Å². The zero-order valence-electron chi connectivity index (χ0n) is 14.6. The Morgan fingerprint density at radius 3 is 2.96 bits per heavy atom. The van der Waals surface area contributed by atoms with Gasteiger partial charge in [-0.2, -0.15) is 4.98 Å². The molecule has 1 saturated heterocycles. The summed E-state index contributed by atoms with van der Waals surface area (Å²) in [7, 11) is 0. The number of carbonyl (C=O) groups excluding carboxylic acids is 1. The highest BCUT2D eigenvalue weighted by atomic mass is 16.5. The van der Waals surface area contributed by atoms with Crippen LogP contribution in [0.15, 0.2) is 18.2 Å². The Kier molecular flexibility index (Phi) is 3.77. The minimum absolute atomic E-state index is 0.00269. The maximum absolute atomic E-state index is 11.5. The topological polar surface area (TPSA) is 75.5 Å². The maximum atomic E-state index is 11.5. The van der Waals surface area contributed by atoms with E-state index in [0.717, 1.165) is 63.3 Å². The molecule has 5 rings (SSSR count). The Morgan fingerprint density at radius 2 is 2.08 bits per heavy atom. The lowest BCUT2D eigenvalue weighted by atomic mass is 10.1. The van der Waals surface area contributed by atoms with E-state index in [0.29, 0.717) is 6.54 Å². The highest BCUT2D eigenvalue weighted by Crippen LogP contribution is 2.27. The number of nitrogens with one attached hydrogen (secondary N) is 1. The van der Waals surface area contributed by atoms with E-state index in [4.69, 9.17) is 4.74 Å². The highest BCUT2D eigenvalue weighted by Gasteiger charge is 2.24. The quantitative estimate of drug-likeness (QED) is 0.847. The zero-order valence-corrected chi connectivity index (χ0v) is 14.6. The number of fused-ring (bicyclic) bond motifs is 2. The van der Waals surface area contributed by atoms with Gasteiger partial charge < -0.3 is 15.0 Å². The number of rotatable bonds is 3. The molecular formula is C18H22N6O2. The van der Waals surface area contributed by atoms with Crippen molar-refractivity contribution in [1.82, 2.24) is 25.0 Å². The predicted molar refractivity (Wildman–Crippen MR) is 95.0 cm³/mol. The number of nitrogens with zero attached hydrogens (tertiary/aromatic N) is 5. The first-order valence-electron chi connectivity index (χ1n) is 9.17. The first-order chi connectivity index (χ1) is 12.7. The number of benzene rings is 1. The van der Waals surface area contributed by atoms with Gasteiger partial charge in [-0.15, -0.1) is 5.10 Å². The van der Waals surface area contributed by atoms with Crippen LogP contribution in [0.5, 0.6) is 5.75 Å². The summed E-state index contributed by atoms with van der Waals surface area (Å²) < 4.78 is 7.39. The van der Waals surface area contributed by atoms with Gasteiger partial charge in [-0.25, -0.2) is 4.68 Å². The molecule has 1 aromatic carbocycles. The lowest BCUT2D eigenvalue weighted by molar-refractivity contribution is -0.122. The molecule has 3 aliphatic heterocycles. The van der Waals surface area contributed by atoms with Gasteiger partial charge in [-0.1, -0.05) is 12.1 Å². The molecule has 0 bridgehead atoms. The van der Waals surface area contributed by atoms with Crippen LogP contribution in [0, 0.1) is 0 Å². The number of anilines is 1. The van der Waals surface area contributed by atoms with Crippen molar-refractivity contribution in [3.63, 3.8) is 0 Å². The van der Waals surface area contributed by atoms with Gasteiger partial charge in [-0.3, -0.25) is 9.69 Å².